The van der Waals surface area contributed by atoms with Crippen molar-refractivity contribution in [1.29, 1.82) is 0 Å². The van der Waals surface area contributed by atoms with Gasteiger partial charge in [0.05, 0.1) is 5.56 Å². The zero-order valence-corrected chi connectivity index (χ0v) is 13.7. The summed E-state index contributed by atoms with van der Waals surface area (Å²) >= 11 is 0. The van der Waals surface area contributed by atoms with E-state index in [1.54, 1.807) is 12.1 Å². The Hall–Kier alpha value is -2.60. The molecular weight excluding hydrogens is 302 g/mol. The summed E-state index contributed by atoms with van der Waals surface area (Å²) in [6.07, 6.45) is 1.83. The number of benzene rings is 1. The van der Waals surface area contributed by atoms with Crippen molar-refractivity contribution in [3.8, 4) is 0 Å². The lowest BCUT2D eigenvalue weighted by molar-refractivity contribution is 0.0948. The normalized spacial score (nSPS) is 15.2. The number of anilines is 2. The number of para-hydroxylation sites is 1. The number of amides is 1. The molecule has 6 nitrogen and oxygen atoms in total. The Morgan fingerprint density at radius 3 is 2.54 bits per heavy atom. The third-order valence-corrected chi connectivity index (χ3v) is 4.26. The van der Waals surface area contributed by atoms with Crippen LogP contribution in [0.5, 0.6) is 0 Å². The zero-order chi connectivity index (χ0) is 16.8. The van der Waals surface area contributed by atoms with Gasteiger partial charge in [-0.1, -0.05) is 18.2 Å². The van der Waals surface area contributed by atoms with Gasteiger partial charge in [-0.3, -0.25) is 9.69 Å². The number of carbonyl (C=O) groups excluding carboxylic acids is 1. The molecule has 1 aliphatic rings. The van der Waals surface area contributed by atoms with Crippen LogP contribution in [-0.2, 0) is 0 Å². The molecule has 1 amide bonds. The highest BCUT2D eigenvalue weighted by molar-refractivity contribution is 5.99. The van der Waals surface area contributed by atoms with Gasteiger partial charge in [0.25, 0.3) is 5.91 Å². The van der Waals surface area contributed by atoms with Crippen LogP contribution in [0.4, 0.5) is 11.5 Å². The standard InChI is InChI=1S/C18H23N5O/c19-16-6-2-1-5-15(16)18(24)21-9-10-22-11-13-23(14-12-22)17-7-3-4-8-20-17/h1-8H,9-14,19H2,(H,21,24). The van der Waals surface area contributed by atoms with Gasteiger partial charge in [-0.2, -0.15) is 0 Å². The number of piperazine rings is 1. The lowest BCUT2D eigenvalue weighted by Crippen LogP contribution is -2.48. The van der Waals surface area contributed by atoms with Crippen LogP contribution in [-0.4, -0.2) is 55.1 Å². The molecule has 6 heteroatoms. The summed E-state index contributed by atoms with van der Waals surface area (Å²) in [5, 5.41) is 2.94. The fourth-order valence-corrected chi connectivity index (χ4v) is 2.87. The van der Waals surface area contributed by atoms with Gasteiger partial charge in [0.15, 0.2) is 0 Å². The number of nitrogen functional groups attached to an aromatic ring is 1. The Labute approximate surface area is 142 Å². The smallest absolute Gasteiger partial charge is 0.253 e. The van der Waals surface area contributed by atoms with Gasteiger partial charge >= 0.3 is 0 Å². The fraction of sp³-hybridized carbons (Fsp3) is 0.333. The molecule has 1 aromatic carbocycles. The first kappa shape index (κ1) is 16.3. The molecule has 126 valence electrons. The molecule has 3 N–H and O–H groups in total. The summed E-state index contributed by atoms with van der Waals surface area (Å²) in [6, 6.07) is 13.1. The molecule has 24 heavy (non-hydrogen) atoms. The second-order valence-electron chi connectivity index (χ2n) is 5.86. The lowest BCUT2D eigenvalue weighted by atomic mass is 10.1. The number of pyridine rings is 1. The highest BCUT2D eigenvalue weighted by Crippen LogP contribution is 2.12. The van der Waals surface area contributed by atoms with Crippen molar-refractivity contribution >= 4 is 17.4 Å². The van der Waals surface area contributed by atoms with Crippen LogP contribution in [0.2, 0.25) is 0 Å². The van der Waals surface area contributed by atoms with E-state index in [1.165, 1.54) is 0 Å². The quantitative estimate of drug-likeness (QED) is 0.809. The molecule has 2 aromatic rings. The van der Waals surface area contributed by atoms with Crippen LogP contribution in [0.3, 0.4) is 0 Å². The number of nitrogens with two attached hydrogens (primary N) is 1. The monoisotopic (exact) mass is 325 g/mol. The van der Waals surface area contributed by atoms with E-state index in [2.05, 4.69) is 20.1 Å². The molecule has 1 fully saturated rings. The minimum absolute atomic E-state index is 0.111. The SMILES string of the molecule is Nc1ccccc1C(=O)NCCN1CCN(c2ccccn2)CC1. The van der Waals surface area contributed by atoms with Crippen molar-refractivity contribution in [1.82, 2.24) is 15.2 Å². The number of carbonyl (C=O) groups is 1. The Bertz CT molecular complexity index is 668. The first-order valence-electron chi connectivity index (χ1n) is 8.25. The Kier molecular flexibility index (Phi) is 5.28. The lowest BCUT2D eigenvalue weighted by Gasteiger charge is -2.35. The third-order valence-electron chi connectivity index (χ3n) is 4.26. The number of aromatic nitrogens is 1. The molecule has 0 unspecified atom stereocenters. The number of nitrogens with one attached hydrogen (secondary N) is 1. The van der Waals surface area contributed by atoms with Crippen molar-refractivity contribution in [2.75, 3.05) is 49.9 Å². The molecule has 1 saturated heterocycles. The van der Waals surface area contributed by atoms with Crippen LogP contribution in [0, 0.1) is 0 Å². The van der Waals surface area contributed by atoms with E-state index in [0.717, 1.165) is 38.5 Å². The van der Waals surface area contributed by atoms with Crippen LogP contribution >= 0.6 is 0 Å². The first-order chi connectivity index (χ1) is 11.7. The second-order valence-corrected chi connectivity index (χ2v) is 5.86. The van der Waals surface area contributed by atoms with Crippen LogP contribution < -0.4 is 16.0 Å². The molecular formula is C18H23N5O. The van der Waals surface area contributed by atoms with Crippen molar-refractivity contribution in [2.45, 2.75) is 0 Å². The maximum absolute atomic E-state index is 12.1. The Balaban J connectivity index is 1.41. The molecule has 0 spiro atoms. The molecule has 1 aliphatic heterocycles. The Morgan fingerprint density at radius 2 is 1.83 bits per heavy atom. The topological polar surface area (TPSA) is 74.5 Å². The van der Waals surface area contributed by atoms with Gasteiger partial charge in [0, 0.05) is 51.2 Å². The predicted molar refractivity (Wildman–Crippen MR) is 96.1 cm³/mol. The number of rotatable bonds is 5. The Morgan fingerprint density at radius 1 is 1.08 bits per heavy atom. The highest BCUT2D eigenvalue weighted by atomic mass is 16.1. The number of hydrogen-bond donors (Lipinski definition) is 2. The van der Waals surface area contributed by atoms with Crippen LogP contribution in [0.1, 0.15) is 10.4 Å². The van der Waals surface area contributed by atoms with E-state index in [4.69, 9.17) is 5.73 Å². The van der Waals surface area contributed by atoms with Gasteiger partial charge in [-0.05, 0) is 24.3 Å². The number of nitrogens with zero attached hydrogens (tertiary/aromatic N) is 3. The second kappa shape index (κ2) is 7.79. The maximum Gasteiger partial charge on any atom is 0.253 e. The van der Waals surface area contributed by atoms with Crippen LogP contribution in [0.15, 0.2) is 48.7 Å². The molecule has 0 saturated carbocycles. The van der Waals surface area contributed by atoms with Gasteiger partial charge in [0.1, 0.15) is 5.82 Å². The van der Waals surface area contributed by atoms with Crippen molar-refractivity contribution in [3.63, 3.8) is 0 Å². The van der Waals surface area contributed by atoms with Gasteiger partial charge in [-0.15, -0.1) is 0 Å². The van der Waals surface area contributed by atoms with E-state index in [1.807, 2.05) is 36.5 Å². The third kappa shape index (κ3) is 4.02. The summed E-state index contributed by atoms with van der Waals surface area (Å²) < 4.78 is 0. The van der Waals surface area contributed by atoms with E-state index >= 15 is 0 Å². The molecule has 0 bridgehead atoms. The van der Waals surface area contributed by atoms with Gasteiger partial charge in [0.2, 0.25) is 0 Å². The summed E-state index contributed by atoms with van der Waals surface area (Å²) in [5.41, 5.74) is 6.88. The fourth-order valence-electron chi connectivity index (χ4n) is 2.87. The van der Waals surface area contributed by atoms with E-state index in [9.17, 15) is 4.79 Å². The predicted octanol–water partition coefficient (Wildman–Crippen LogP) is 1.22. The zero-order valence-electron chi connectivity index (χ0n) is 13.7. The molecule has 1 aromatic heterocycles. The largest absolute Gasteiger partial charge is 0.398 e. The van der Waals surface area contributed by atoms with E-state index < -0.39 is 0 Å². The van der Waals surface area contributed by atoms with Crippen molar-refractivity contribution in [2.24, 2.45) is 0 Å². The van der Waals surface area contributed by atoms with Crippen LogP contribution in [0.25, 0.3) is 0 Å². The minimum Gasteiger partial charge on any atom is -0.398 e. The first-order valence-corrected chi connectivity index (χ1v) is 8.25. The average molecular weight is 325 g/mol. The van der Waals surface area contributed by atoms with Gasteiger partial charge in [-0.25, -0.2) is 4.98 Å². The molecule has 2 heterocycles. The van der Waals surface area contributed by atoms with Gasteiger partial charge < -0.3 is 16.0 Å². The molecule has 0 atom stereocenters. The van der Waals surface area contributed by atoms with E-state index in [0.29, 0.717) is 17.8 Å². The average Bonchev–Trinajstić information content (AvgIpc) is 2.63. The summed E-state index contributed by atoms with van der Waals surface area (Å²) in [5.74, 6) is 0.922. The summed E-state index contributed by atoms with van der Waals surface area (Å²) in [4.78, 5) is 21.2. The molecule has 0 radical (unpaired) electrons. The maximum atomic E-state index is 12.1. The highest BCUT2D eigenvalue weighted by Gasteiger charge is 2.17. The van der Waals surface area contributed by atoms with Crippen molar-refractivity contribution < 1.29 is 4.79 Å². The molecule has 0 aliphatic carbocycles. The summed E-state index contributed by atoms with van der Waals surface area (Å²) in [7, 11) is 0. The molecule has 3 rings (SSSR count). The minimum atomic E-state index is -0.111. The van der Waals surface area contributed by atoms with E-state index in [-0.39, 0.29) is 5.91 Å². The van der Waals surface area contributed by atoms with Crippen molar-refractivity contribution in [3.05, 3.63) is 54.2 Å². The number of hydrogen-bond acceptors (Lipinski definition) is 5. The summed E-state index contributed by atoms with van der Waals surface area (Å²) in [6.45, 7) is 5.32.